The highest BCUT2D eigenvalue weighted by Crippen LogP contribution is 2.66. The summed E-state index contributed by atoms with van der Waals surface area (Å²) in [5.41, 5.74) is 0.986. The van der Waals surface area contributed by atoms with Crippen LogP contribution in [0, 0.1) is 34.5 Å². The maximum atomic E-state index is 12.4. The van der Waals surface area contributed by atoms with Gasteiger partial charge in [-0.2, -0.15) is 0 Å². The lowest BCUT2D eigenvalue weighted by molar-refractivity contribution is -0.134. The van der Waals surface area contributed by atoms with Gasteiger partial charge in [0, 0.05) is 0 Å². The minimum Gasteiger partial charge on any atom is -0.297 e. The molecule has 22 heavy (non-hydrogen) atoms. The van der Waals surface area contributed by atoms with Crippen LogP contribution in [-0.2, 0) is 4.79 Å². The van der Waals surface area contributed by atoms with Crippen molar-refractivity contribution in [3.8, 4) is 0 Å². The van der Waals surface area contributed by atoms with Crippen LogP contribution in [-0.4, -0.2) is 15.4 Å². The lowest BCUT2D eigenvalue weighted by Gasteiger charge is -2.61. The third-order valence-corrected chi connectivity index (χ3v) is 10.1. The van der Waals surface area contributed by atoms with Crippen LogP contribution in [0.25, 0.3) is 0 Å². The van der Waals surface area contributed by atoms with Crippen LogP contribution in [0.3, 0.4) is 0 Å². The Morgan fingerprint density at radius 2 is 1.73 bits per heavy atom. The fourth-order valence-corrected chi connectivity index (χ4v) is 9.64. The molecule has 1 nitrogen and oxygen atoms in total. The summed E-state index contributed by atoms with van der Waals surface area (Å²) in [5.74, 6) is 3.68. The zero-order chi connectivity index (χ0) is 15.7. The quantitative estimate of drug-likeness (QED) is 0.447. The van der Waals surface area contributed by atoms with Crippen molar-refractivity contribution in [3.63, 3.8) is 0 Å². The van der Waals surface area contributed by atoms with Gasteiger partial charge >= 0.3 is 0 Å². The topological polar surface area (TPSA) is 17.1 Å². The van der Waals surface area contributed by atoms with Gasteiger partial charge in [-0.05, 0) is 79.4 Å². The monoisotopic (exact) mass is 430 g/mol. The van der Waals surface area contributed by atoms with Crippen molar-refractivity contribution >= 4 is 37.6 Å². The molecule has 124 valence electrons. The highest BCUT2D eigenvalue weighted by atomic mass is 79.9. The number of hydrogen-bond acceptors (Lipinski definition) is 1. The van der Waals surface area contributed by atoms with Crippen LogP contribution in [0.2, 0.25) is 0 Å². The van der Waals surface area contributed by atoms with E-state index in [0.29, 0.717) is 22.5 Å². The summed E-state index contributed by atoms with van der Waals surface area (Å²) in [7, 11) is 0. The van der Waals surface area contributed by atoms with E-state index in [2.05, 4.69) is 45.7 Å². The van der Waals surface area contributed by atoms with E-state index < -0.39 is 0 Å². The molecular formula is C19H28Br2O. The number of fused-ring (bicyclic) bond motifs is 5. The first-order valence-electron chi connectivity index (χ1n) is 9.19. The van der Waals surface area contributed by atoms with E-state index in [0.717, 1.165) is 24.2 Å². The molecule has 4 fully saturated rings. The number of rotatable bonds is 0. The van der Waals surface area contributed by atoms with Gasteiger partial charge in [0.05, 0.1) is 9.65 Å². The molecule has 4 aliphatic carbocycles. The molecule has 8 atom stereocenters. The number of hydrogen-bond donors (Lipinski definition) is 0. The Bertz CT molecular complexity index is 492. The van der Waals surface area contributed by atoms with Gasteiger partial charge in [0.1, 0.15) is 0 Å². The van der Waals surface area contributed by atoms with Crippen molar-refractivity contribution < 1.29 is 4.79 Å². The van der Waals surface area contributed by atoms with Crippen LogP contribution in [0.4, 0.5) is 0 Å². The van der Waals surface area contributed by atoms with Gasteiger partial charge in [-0.3, -0.25) is 4.79 Å². The van der Waals surface area contributed by atoms with Crippen LogP contribution in [0.5, 0.6) is 0 Å². The van der Waals surface area contributed by atoms with Crippen molar-refractivity contribution in [3.05, 3.63) is 0 Å². The van der Waals surface area contributed by atoms with Crippen molar-refractivity contribution in [1.82, 2.24) is 0 Å². The van der Waals surface area contributed by atoms with Gasteiger partial charge in [0.2, 0.25) is 0 Å². The SMILES string of the molecule is C[C@@]12CCC[C@H]1[C@@H]1CC[C@H]3C(Br)C(=O)C(Br)C[C@]3(C)[C@H]1CC2. The first-order chi connectivity index (χ1) is 10.4. The van der Waals surface area contributed by atoms with Gasteiger partial charge in [0.15, 0.2) is 5.78 Å². The van der Waals surface area contributed by atoms with Crippen molar-refractivity contribution in [1.29, 1.82) is 0 Å². The fraction of sp³-hybridized carbons (Fsp3) is 0.947. The minimum atomic E-state index is 0.0637. The highest BCUT2D eigenvalue weighted by Gasteiger charge is 2.60. The van der Waals surface area contributed by atoms with Crippen molar-refractivity contribution in [2.24, 2.45) is 34.5 Å². The molecule has 0 aromatic heterocycles. The third kappa shape index (κ3) is 2.09. The van der Waals surface area contributed by atoms with E-state index in [-0.39, 0.29) is 9.65 Å². The number of alkyl halides is 2. The van der Waals surface area contributed by atoms with Crippen LogP contribution in [0.1, 0.15) is 65.2 Å². The summed E-state index contributed by atoms with van der Waals surface area (Å²) in [6.07, 6.45) is 10.9. The number of carbonyl (C=O) groups excluding carboxylic acids is 1. The van der Waals surface area contributed by atoms with E-state index in [4.69, 9.17) is 0 Å². The summed E-state index contributed by atoms with van der Waals surface area (Å²) < 4.78 is 0. The standard InChI is InChI=1S/C19H28Br2O/c1-18-8-3-4-12(18)11-5-6-14-16(21)17(22)15(20)10-19(14,2)13(11)7-9-18/h11-16H,3-10H2,1-2H3/t11-,12-,13-,14-,15?,16?,18-,19+/m0/s1. The first-order valence-corrected chi connectivity index (χ1v) is 11.0. The Morgan fingerprint density at radius 1 is 0.955 bits per heavy atom. The van der Waals surface area contributed by atoms with Crippen molar-refractivity contribution in [2.75, 3.05) is 0 Å². The average Bonchev–Trinajstić information content (AvgIpc) is 2.86. The molecule has 2 unspecified atom stereocenters. The molecule has 0 bridgehead atoms. The second-order valence-corrected chi connectivity index (χ2v) is 11.2. The molecule has 0 radical (unpaired) electrons. The largest absolute Gasteiger partial charge is 0.297 e. The summed E-state index contributed by atoms with van der Waals surface area (Å²) in [6.45, 7) is 5.08. The molecule has 0 amide bonds. The number of halogens is 2. The Kier molecular flexibility index (Phi) is 3.89. The molecule has 0 aliphatic heterocycles. The number of ketones is 1. The van der Waals surface area contributed by atoms with E-state index in [1.807, 2.05) is 0 Å². The van der Waals surface area contributed by atoms with Crippen molar-refractivity contribution in [2.45, 2.75) is 74.9 Å². The summed E-state index contributed by atoms with van der Waals surface area (Å²) in [5, 5.41) is 0. The molecular weight excluding hydrogens is 404 g/mol. The molecule has 0 heterocycles. The molecule has 0 aromatic carbocycles. The molecule has 4 saturated carbocycles. The van der Waals surface area contributed by atoms with Gasteiger partial charge in [-0.1, -0.05) is 52.1 Å². The van der Waals surface area contributed by atoms with E-state index in [1.165, 1.54) is 44.9 Å². The van der Waals surface area contributed by atoms with Gasteiger partial charge in [-0.15, -0.1) is 0 Å². The highest BCUT2D eigenvalue weighted by molar-refractivity contribution is 9.10. The Balaban J connectivity index is 1.67. The second-order valence-electron chi connectivity index (χ2n) is 9.13. The first kappa shape index (κ1) is 16.1. The second kappa shape index (κ2) is 5.31. The minimum absolute atomic E-state index is 0.0637. The van der Waals surface area contributed by atoms with E-state index in [9.17, 15) is 4.79 Å². The number of Topliss-reactive ketones (excluding diaryl/α,β-unsaturated/α-hetero) is 1. The lowest BCUT2D eigenvalue weighted by Crippen LogP contribution is -2.58. The normalized spacial score (nSPS) is 57.9. The molecule has 4 rings (SSSR count). The van der Waals surface area contributed by atoms with Gasteiger partial charge in [0.25, 0.3) is 0 Å². The van der Waals surface area contributed by atoms with Crippen LogP contribution < -0.4 is 0 Å². The van der Waals surface area contributed by atoms with E-state index >= 15 is 0 Å². The predicted octanol–water partition coefficient (Wildman–Crippen LogP) is 5.74. The molecule has 0 spiro atoms. The summed E-state index contributed by atoms with van der Waals surface area (Å²) in [6, 6.07) is 0. The van der Waals surface area contributed by atoms with Gasteiger partial charge in [-0.25, -0.2) is 0 Å². The summed E-state index contributed by atoms with van der Waals surface area (Å²) in [4.78, 5) is 12.6. The maximum absolute atomic E-state index is 12.4. The Morgan fingerprint density at radius 3 is 2.50 bits per heavy atom. The third-order valence-electron chi connectivity index (χ3n) is 8.28. The molecule has 0 saturated heterocycles. The Labute approximate surface area is 151 Å². The zero-order valence-corrected chi connectivity index (χ0v) is 17.0. The van der Waals surface area contributed by atoms with Crippen LogP contribution >= 0.6 is 31.9 Å². The van der Waals surface area contributed by atoms with E-state index in [1.54, 1.807) is 0 Å². The molecule has 0 N–H and O–H groups in total. The van der Waals surface area contributed by atoms with Gasteiger partial charge < -0.3 is 0 Å². The predicted molar refractivity (Wildman–Crippen MR) is 97.5 cm³/mol. The zero-order valence-electron chi connectivity index (χ0n) is 13.8. The lowest BCUT2D eigenvalue weighted by atomic mass is 9.45. The molecule has 3 heteroatoms. The average molecular weight is 432 g/mol. The number of carbonyl (C=O) groups is 1. The van der Waals surface area contributed by atoms with Crippen LogP contribution in [0.15, 0.2) is 0 Å². The Hall–Kier alpha value is 0.630. The fourth-order valence-electron chi connectivity index (χ4n) is 7.12. The molecule has 0 aromatic rings. The molecule has 4 aliphatic rings. The maximum Gasteiger partial charge on any atom is 0.160 e. The summed E-state index contributed by atoms with van der Waals surface area (Å²) >= 11 is 7.47. The smallest absolute Gasteiger partial charge is 0.160 e.